The Morgan fingerprint density at radius 2 is 2.39 bits per heavy atom. The number of hydrogen-bond acceptors (Lipinski definition) is 5. The number of thiophene rings is 1. The number of ether oxygens (including phenoxy) is 2. The van der Waals surface area contributed by atoms with Crippen LogP contribution in [0.3, 0.4) is 0 Å². The van der Waals surface area contributed by atoms with Crippen molar-refractivity contribution in [2.24, 2.45) is 0 Å². The van der Waals surface area contributed by atoms with Crippen LogP contribution in [0, 0.1) is 0 Å². The average molecular weight is 334 g/mol. The third-order valence-corrected chi connectivity index (χ3v) is 4.48. The molecule has 1 atom stereocenters. The second-order valence-electron chi connectivity index (χ2n) is 3.77. The molecule has 2 heterocycles. The van der Waals surface area contributed by atoms with Crippen LogP contribution in [0.25, 0.3) is 0 Å². The summed E-state index contributed by atoms with van der Waals surface area (Å²) in [5.41, 5.74) is 0.451. The molecule has 0 aliphatic carbocycles. The van der Waals surface area contributed by atoms with Gasteiger partial charge in [-0.25, -0.2) is 4.79 Å². The molecule has 0 spiro atoms. The van der Waals surface area contributed by atoms with Crippen LogP contribution in [0.5, 0.6) is 0 Å². The first-order valence-corrected chi connectivity index (χ1v) is 7.08. The van der Waals surface area contributed by atoms with E-state index in [9.17, 15) is 9.59 Å². The standard InChI is InChI=1S/C11H12BrNO4S/c1-16-11(15)9-8(6(12)5-18-9)13-10(14)7-3-2-4-17-7/h5,7H,2-4H2,1H3,(H,13,14). The molecule has 1 aliphatic heterocycles. The van der Waals surface area contributed by atoms with Gasteiger partial charge in [0, 0.05) is 12.0 Å². The Bertz CT molecular complexity index is 468. The van der Waals surface area contributed by atoms with Gasteiger partial charge in [0.2, 0.25) is 0 Å². The molecule has 18 heavy (non-hydrogen) atoms. The molecule has 1 N–H and O–H groups in total. The van der Waals surface area contributed by atoms with Gasteiger partial charge in [0.15, 0.2) is 0 Å². The van der Waals surface area contributed by atoms with Crippen LogP contribution in [0.15, 0.2) is 9.85 Å². The molecule has 0 saturated carbocycles. The van der Waals surface area contributed by atoms with Gasteiger partial charge in [0.05, 0.1) is 17.3 Å². The van der Waals surface area contributed by atoms with E-state index in [-0.39, 0.29) is 5.91 Å². The number of nitrogens with one attached hydrogen (secondary N) is 1. The van der Waals surface area contributed by atoms with Gasteiger partial charge >= 0.3 is 5.97 Å². The van der Waals surface area contributed by atoms with Crippen LogP contribution in [-0.2, 0) is 14.3 Å². The van der Waals surface area contributed by atoms with Crippen molar-refractivity contribution in [3.63, 3.8) is 0 Å². The lowest BCUT2D eigenvalue weighted by Crippen LogP contribution is -2.27. The first-order chi connectivity index (χ1) is 8.63. The topological polar surface area (TPSA) is 64.6 Å². The van der Waals surface area contributed by atoms with E-state index in [2.05, 4.69) is 26.0 Å². The van der Waals surface area contributed by atoms with Crippen molar-refractivity contribution < 1.29 is 19.1 Å². The van der Waals surface area contributed by atoms with Crippen LogP contribution in [-0.4, -0.2) is 31.7 Å². The molecule has 7 heteroatoms. The smallest absolute Gasteiger partial charge is 0.350 e. The molecule has 0 aromatic carbocycles. The number of carbonyl (C=O) groups excluding carboxylic acids is 2. The highest BCUT2D eigenvalue weighted by molar-refractivity contribution is 9.10. The monoisotopic (exact) mass is 333 g/mol. The van der Waals surface area contributed by atoms with E-state index < -0.39 is 12.1 Å². The van der Waals surface area contributed by atoms with Gasteiger partial charge in [0.25, 0.3) is 5.91 Å². The zero-order valence-electron chi connectivity index (χ0n) is 9.70. The summed E-state index contributed by atoms with van der Waals surface area (Å²) in [7, 11) is 1.31. The summed E-state index contributed by atoms with van der Waals surface area (Å²) >= 11 is 4.52. The summed E-state index contributed by atoms with van der Waals surface area (Å²) in [6, 6.07) is 0. The molecule has 1 aromatic heterocycles. The fourth-order valence-electron chi connectivity index (χ4n) is 1.68. The van der Waals surface area contributed by atoms with E-state index in [4.69, 9.17) is 4.74 Å². The molecule has 0 radical (unpaired) electrons. The normalized spacial score (nSPS) is 18.7. The number of methoxy groups -OCH3 is 1. The Labute approximate surface area is 117 Å². The summed E-state index contributed by atoms with van der Waals surface area (Å²) in [5, 5.41) is 4.45. The lowest BCUT2D eigenvalue weighted by atomic mass is 10.2. The molecule has 5 nitrogen and oxygen atoms in total. The van der Waals surface area contributed by atoms with E-state index in [1.54, 1.807) is 5.38 Å². The van der Waals surface area contributed by atoms with E-state index >= 15 is 0 Å². The molecule has 1 unspecified atom stereocenters. The first kappa shape index (κ1) is 13.5. The quantitative estimate of drug-likeness (QED) is 0.863. The largest absolute Gasteiger partial charge is 0.465 e. The Hall–Kier alpha value is -0.920. The molecule has 1 aliphatic rings. The third-order valence-electron chi connectivity index (χ3n) is 2.59. The van der Waals surface area contributed by atoms with Crippen molar-refractivity contribution in [2.75, 3.05) is 19.0 Å². The Morgan fingerprint density at radius 3 is 3.00 bits per heavy atom. The number of amides is 1. The molecule has 1 fully saturated rings. The Kier molecular flexibility index (Phi) is 4.36. The maximum Gasteiger partial charge on any atom is 0.350 e. The minimum atomic E-state index is -0.464. The zero-order valence-corrected chi connectivity index (χ0v) is 12.1. The average Bonchev–Trinajstić information content (AvgIpc) is 2.99. The first-order valence-electron chi connectivity index (χ1n) is 5.41. The van der Waals surface area contributed by atoms with E-state index in [0.717, 1.165) is 6.42 Å². The molecule has 1 aromatic rings. The highest BCUT2D eigenvalue weighted by Crippen LogP contribution is 2.33. The van der Waals surface area contributed by atoms with E-state index in [1.807, 2.05) is 0 Å². The Balaban J connectivity index is 2.15. The van der Waals surface area contributed by atoms with E-state index in [0.29, 0.717) is 28.1 Å². The molecular formula is C11H12BrNO4S. The van der Waals surface area contributed by atoms with Crippen LogP contribution in [0.2, 0.25) is 0 Å². The minimum absolute atomic E-state index is 0.225. The van der Waals surface area contributed by atoms with E-state index in [1.165, 1.54) is 18.4 Å². The number of esters is 1. The molecule has 98 valence electrons. The zero-order chi connectivity index (χ0) is 13.1. The van der Waals surface area contributed by atoms with Gasteiger partial charge in [-0.1, -0.05) is 0 Å². The van der Waals surface area contributed by atoms with Crippen molar-refractivity contribution >= 4 is 44.8 Å². The number of carbonyl (C=O) groups is 2. The van der Waals surface area contributed by atoms with Gasteiger partial charge < -0.3 is 14.8 Å². The second kappa shape index (κ2) is 5.81. The number of hydrogen-bond donors (Lipinski definition) is 1. The van der Waals surface area contributed by atoms with Crippen molar-refractivity contribution in [1.29, 1.82) is 0 Å². The third kappa shape index (κ3) is 2.73. The van der Waals surface area contributed by atoms with Crippen LogP contribution < -0.4 is 5.32 Å². The fourth-order valence-corrected chi connectivity index (χ4v) is 3.19. The predicted molar refractivity (Wildman–Crippen MR) is 71.0 cm³/mol. The maximum absolute atomic E-state index is 11.9. The minimum Gasteiger partial charge on any atom is -0.465 e. The van der Waals surface area contributed by atoms with Crippen molar-refractivity contribution in [2.45, 2.75) is 18.9 Å². The summed E-state index contributed by atoms with van der Waals surface area (Å²) in [5.74, 6) is -0.690. The van der Waals surface area contributed by atoms with Crippen LogP contribution in [0.1, 0.15) is 22.5 Å². The van der Waals surface area contributed by atoms with Gasteiger partial charge in [-0.15, -0.1) is 11.3 Å². The molecular weight excluding hydrogens is 322 g/mol. The number of halogens is 1. The Morgan fingerprint density at radius 1 is 1.61 bits per heavy atom. The van der Waals surface area contributed by atoms with Crippen molar-refractivity contribution in [3.8, 4) is 0 Å². The maximum atomic E-state index is 11.9. The van der Waals surface area contributed by atoms with Crippen LogP contribution in [0.4, 0.5) is 5.69 Å². The summed E-state index contributed by atoms with van der Waals surface area (Å²) in [4.78, 5) is 23.8. The lowest BCUT2D eigenvalue weighted by Gasteiger charge is -2.11. The highest BCUT2D eigenvalue weighted by Gasteiger charge is 2.26. The van der Waals surface area contributed by atoms with Gasteiger partial charge in [-0.05, 0) is 28.8 Å². The number of anilines is 1. The molecule has 1 saturated heterocycles. The van der Waals surface area contributed by atoms with Gasteiger partial charge in [-0.2, -0.15) is 0 Å². The summed E-state index contributed by atoms with van der Waals surface area (Å²) in [6.07, 6.45) is 1.16. The number of rotatable bonds is 3. The molecule has 1 amide bonds. The second-order valence-corrected chi connectivity index (χ2v) is 5.50. The summed E-state index contributed by atoms with van der Waals surface area (Å²) < 4.78 is 10.6. The fraction of sp³-hybridized carbons (Fsp3) is 0.455. The van der Waals surface area contributed by atoms with Crippen molar-refractivity contribution in [3.05, 3.63) is 14.7 Å². The highest BCUT2D eigenvalue weighted by atomic mass is 79.9. The summed E-state index contributed by atoms with van der Waals surface area (Å²) in [6.45, 7) is 0.604. The predicted octanol–water partition coefficient (Wildman–Crippen LogP) is 2.41. The van der Waals surface area contributed by atoms with Crippen LogP contribution >= 0.6 is 27.3 Å². The van der Waals surface area contributed by atoms with Crippen molar-refractivity contribution in [1.82, 2.24) is 0 Å². The van der Waals surface area contributed by atoms with Gasteiger partial charge in [-0.3, -0.25) is 4.79 Å². The SMILES string of the molecule is COC(=O)c1scc(Br)c1NC(=O)C1CCCO1. The molecule has 2 rings (SSSR count). The molecule has 0 bridgehead atoms. The lowest BCUT2D eigenvalue weighted by molar-refractivity contribution is -0.124. The van der Waals surface area contributed by atoms with Gasteiger partial charge in [0.1, 0.15) is 11.0 Å².